The second-order valence-electron chi connectivity index (χ2n) is 4.71. The zero-order chi connectivity index (χ0) is 13.4. The molecule has 0 unspecified atom stereocenters. The average molecular weight is 269 g/mol. The van der Waals surface area contributed by atoms with Crippen LogP contribution in [0, 0.1) is 20.8 Å². The number of benzene rings is 1. The highest BCUT2D eigenvalue weighted by Gasteiger charge is 2.06. The molecule has 0 atom stereocenters. The second-order valence-corrected chi connectivity index (χ2v) is 5.74. The van der Waals surface area contributed by atoms with Gasteiger partial charge in [0.05, 0.1) is 10.2 Å². The number of fused-ring (bicyclic) bond motifs is 1. The van der Waals surface area contributed by atoms with Crippen LogP contribution in [-0.2, 0) is 0 Å². The molecule has 3 rings (SSSR count). The molecular formula is C16H15NOS. The van der Waals surface area contributed by atoms with Crippen LogP contribution < -0.4 is 0 Å². The Bertz CT molecular complexity index is 725. The minimum atomic E-state index is 0.866. The largest absolute Gasteiger partial charge is 0.462 e. The van der Waals surface area contributed by atoms with Crippen LogP contribution in [0.25, 0.3) is 22.4 Å². The lowest BCUT2D eigenvalue weighted by molar-refractivity contribution is 0.525. The van der Waals surface area contributed by atoms with E-state index in [0.29, 0.717) is 0 Å². The van der Waals surface area contributed by atoms with Crippen LogP contribution in [0.4, 0.5) is 0 Å². The van der Waals surface area contributed by atoms with Crippen LogP contribution in [0.15, 0.2) is 28.7 Å². The molecule has 96 valence electrons. The van der Waals surface area contributed by atoms with Gasteiger partial charge >= 0.3 is 0 Å². The SMILES string of the molecule is Cc1ccc(/C=C/c2nc3c(C)ccc(C)c3s2)o1. The van der Waals surface area contributed by atoms with Crippen LogP contribution in [0.2, 0.25) is 0 Å². The molecule has 0 N–H and O–H groups in total. The normalized spacial score (nSPS) is 11.7. The number of aromatic nitrogens is 1. The van der Waals surface area contributed by atoms with Gasteiger partial charge in [0.2, 0.25) is 0 Å². The van der Waals surface area contributed by atoms with Crippen LogP contribution in [0.5, 0.6) is 0 Å². The van der Waals surface area contributed by atoms with Gasteiger partial charge in [0.1, 0.15) is 16.5 Å². The molecule has 0 saturated carbocycles. The third-order valence-electron chi connectivity index (χ3n) is 3.11. The summed E-state index contributed by atoms with van der Waals surface area (Å²) in [5, 5.41) is 1.02. The Kier molecular flexibility index (Phi) is 2.99. The third kappa shape index (κ3) is 2.34. The summed E-state index contributed by atoms with van der Waals surface area (Å²) >= 11 is 1.72. The topological polar surface area (TPSA) is 26.0 Å². The van der Waals surface area contributed by atoms with Crippen molar-refractivity contribution in [2.75, 3.05) is 0 Å². The van der Waals surface area contributed by atoms with E-state index >= 15 is 0 Å². The van der Waals surface area contributed by atoms with E-state index < -0.39 is 0 Å². The lowest BCUT2D eigenvalue weighted by atomic mass is 10.1. The van der Waals surface area contributed by atoms with Crippen LogP contribution >= 0.6 is 11.3 Å². The molecule has 0 radical (unpaired) electrons. The Labute approximate surface area is 116 Å². The first-order chi connectivity index (χ1) is 9.13. The highest BCUT2D eigenvalue weighted by atomic mass is 32.1. The number of nitrogens with zero attached hydrogens (tertiary/aromatic N) is 1. The maximum atomic E-state index is 5.52. The molecule has 3 heteroatoms. The Balaban J connectivity index is 2.00. The van der Waals surface area contributed by atoms with Crippen molar-refractivity contribution in [2.45, 2.75) is 20.8 Å². The second kappa shape index (κ2) is 4.67. The Morgan fingerprint density at radius 1 is 1.00 bits per heavy atom. The van der Waals surface area contributed by atoms with Gasteiger partial charge in [-0.2, -0.15) is 0 Å². The van der Waals surface area contributed by atoms with Gasteiger partial charge < -0.3 is 4.42 Å². The van der Waals surface area contributed by atoms with Crippen LogP contribution in [0.1, 0.15) is 27.7 Å². The van der Waals surface area contributed by atoms with E-state index in [1.807, 2.05) is 31.2 Å². The van der Waals surface area contributed by atoms with Crippen molar-refractivity contribution in [3.63, 3.8) is 0 Å². The number of thiazole rings is 1. The summed E-state index contributed by atoms with van der Waals surface area (Å²) in [6.07, 6.45) is 3.98. The smallest absolute Gasteiger partial charge is 0.127 e. The molecule has 0 aliphatic carbocycles. The molecule has 2 heterocycles. The van der Waals surface area contributed by atoms with Gasteiger partial charge in [-0.3, -0.25) is 0 Å². The van der Waals surface area contributed by atoms with E-state index in [4.69, 9.17) is 4.42 Å². The van der Waals surface area contributed by atoms with Gasteiger partial charge in [-0.1, -0.05) is 12.1 Å². The Morgan fingerprint density at radius 2 is 1.79 bits per heavy atom. The fourth-order valence-electron chi connectivity index (χ4n) is 2.04. The van der Waals surface area contributed by atoms with E-state index in [1.54, 1.807) is 11.3 Å². The number of hydrogen-bond acceptors (Lipinski definition) is 3. The van der Waals surface area contributed by atoms with Gasteiger partial charge in [0, 0.05) is 0 Å². The number of furan rings is 1. The summed E-state index contributed by atoms with van der Waals surface area (Å²) in [6.45, 7) is 6.18. The molecule has 3 aromatic rings. The number of aryl methyl sites for hydroxylation is 3. The Hall–Kier alpha value is -1.87. The molecule has 2 nitrogen and oxygen atoms in total. The van der Waals surface area contributed by atoms with Gasteiger partial charge in [-0.15, -0.1) is 11.3 Å². The summed E-state index contributed by atoms with van der Waals surface area (Å²) < 4.78 is 6.79. The summed E-state index contributed by atoms with van der Waals surface area (Å²) in [5.74, 6) is 1.79. The molecule has 0 aliphatic heterocycles. The van der Waals surface area contributed by atoms with E-state index in [-0.39, 0.29) is 0 Å². The Morgan fingerprint density at radius 3 is 2.47 bits per heavy atom. The van der Waals surface area contributed by atoms with Crippen molar-refractivity contribution < 1.29 is 4.42 Å². The van der Waals surface area contributed by atoms with E-state index in [1.165, 1.54) is 15.8 Å². The van der Waals surface area contributed by atoms with Crippen molar-refractivity contribution in [3.05, 3.63) is 51.9 Å². The predicted molar refractivity (Wildman–Crippen MR) is 81.5 cm³/mol. The number of rotatable bonds is 2. The maximum Gasteiger partial charge on any atom is 0.127 e. The standard InChI is InChI=1S/C16H15NOS/c1-10-4-5-11(2)16-15(10)17-14(19-16)9-8-13-7-6-12(3)18-13/h4-9H,1-3H3/b9-8+. The molecule has 0 bridgehead atoms. The zero-order valence-corrected chi connectivity index (χ0v) is 12.0. The minimum absolute atomic E-state index is 0.866. The summed E-state index contributed by atoms with van der Waals surface area (Å²) in [6, 6.07) is 8.21. The highest BCUT2D eigenvalue weighted by Crippen LogP contribution is 2.29. The average Bonchev–Trinajstić information content (AvgIpc) is 2.98. The van der Waals surface area contributed by atoms with Crippen molar-refractivity contribution >= 4 is 33.7 Å². The zero-order valence-electron chi connectivity index (χ0n) is 11.2. The number of hydrogen-bond donors (Lipinski definition) is 0. The lowest BCUT2D eigenvalue weighted by Crippen LogP contribution is -1.78. The van der Waals surface area contributed by atoms with Crippen molar-refractivity contribution in [2.24, 2.45) is 0 Å². The molecule has 19 heavy (non-hydrogen) atoms. The molecule has 2 aromatic heterocycles. The first-order valence-electron chi connectivity index (χ1n) is 6.25. The maximum absolute atomic E-state index is 5.52. The highest BCUT2D eigenvalue weighted by molar-refractivity contribution is 7.19. The monoisotopic (exact) mass is 269 g/mol. The van der Waals surface area contributed by atoms with Gasteiger partial charge in [-0.25, -0.2) is 4.98 Å². The quantitative estimate of drug-likeness (QED) is 0.655. The molecule has 0 amide bonds. The first kappa shape index (κ1) is 12.2. The minimum Gasteiger partial charge on any atom is -0.462 e. The molecule has 1 aromatic carbocycles. The fourth-order valence-corrected chi connectivity index (χ4v) is 3.06. The molecular weight excluding hydrogens is 254 g/mol. The molecule has 0 spiro atoms. The van der Waals surface area contributed by atoms with E-state index in [0.717, 1.165) is 22.0 Å². The lowest BCUT2D eigenvalue weighted by Gasteiger charge is -1.96. The van der Waals surface area contributed by atoms with E-state index in [2.05, 4.69) is 31.0 Å². The third-order valence-corrected chi connectivity index (χ3v) is 4.27. The van der Waals surface area contributed by atoms with Crippen LogP contribution in [-0.4, -0.2) is 4.98 Å². The summed E-state index contributed by atoms with van der Waals surface area (Å²) in [4.78, 5) is 4.69. The van der Waals surface area contributed by atoms with Crippen molar-refractivity contribution in [1.82, 2.24) is 4.98 Å². The summed E-state index contributed by atoms with van der Waals surface area (Å²) in [7, 11) is 0. The van der Waals surface area contributed by atoms with Gasteiger partial charge in [-0.05, 0) is 56.2 Å². The van der Waals surface area contributed by atoms with Crippen LogP contribution in [0.3, 0.4) is 0 Å². The van der Waals surface area contributed by atoms with Crippen molar-refractivity contribution in [3.8, 4) is 0 Å². The van der Waals surface area contributed by atoms with Gasteiger partial charge in [0.25, 0.3) is 0 Å². The van der Waals surface area contributed by atoms with E-state index in [9.17, 15) is 0 Å². The first-order valence-corrected chi connectivity index (χ1v) is 7.06. The molecule has 0 fully saturated rings. The molecule has 0 saturated heterocycles. The molecule has 0 aliphatic rings. The van der Waals surface area contributed by atoms with Gasteiger partial charge in [0.15, 0.2) is 0 Å². The predicted octanol–water partition coefficient (Wildman–Crippen LogP) is 4.98. The van der Waals surface area contributed by atoms with Crippen molar-refractivity contribution in [1.29, 1.82) is 0 Å². The summed E-state index contributed by atoms with van der Waals surface area (Å²) in [5.41, 5.74) is 3.62. The fraction of sp³-hybridized carbons (Fsp3) is 0.188.